The SMILES string of the molecule is O=C(O)c1cc(C2CCCC2)c2nc(N3C[C@@H]4C[C@H]3C[C@@H]4OCc3c(-c4c(Cl)cccc4Cl)nnn3C3CC3)sc2c1. The molecule has 4 aliphatic rings. The number of rotatable bonds is 8. The summed E-state index contributed by atoms with van der Waals surface area (Å²) in [5.41, 5.74) is 4.83. The molecule has 4 aromatic rings. The van der Waals surface area contributed by atoms with Crippen molar-refractivity contribution in [3.63, 3.8) is 0 Å². The highest BCUT2D eigenvalue weighted by Crippen LogP contribution is 2.47. The Hall–Kier alpha value is -2.72. The van der Waals surface area contributed by atoms with Crippen LogP contribution in [0.25, 0.3) is 21.5 Å². The summed E-state index contributed by atoms with van der Waals surface area (Å²) in [5.74, 6) is -0.0633. The third-order valence-corrected chi connectivity index (χ3v) is 11.3. The van der Waals surface area contributed by atoms with Gasteiger partial charge in [-0.25, -0.2) is 14.5 Å². The molecule has 4 fully saturated rings. The first-order chi connectivity index (χ1) is 20.4. The fourth-order valence-electron chi connectivity index (χ4n) is 7.35. The third-order valence-electron chi connectivity index (χ3n) is 9.60. The molecule has 11 heteroatoms. The predicted octanol–water partition coefficient (Wildman–Crippen LogP) is 7.74. The van der Waals surface area contributed by atoms with Crippen LogP contribution in [0.4, 0.5) is 5.13 Å². The van der Waals surface area contributed by atoms with E-state index in [0.717, 1.165) is 71.7 Å². The molecule has 2 bridgehead atoms. The molecule has 1 aliphatic heterocycles. The molecule has 218 valence electrons. The molecule has 2 aromatic heterocycles. The Balaban J connectivity index is 1.02. The van der Waals surface area contributed by atoms with E-state index in [1.165, 1.54) is 12.8 Å². The van der Waals surface area contributed by atoms with E-state index in [1.54, 1.807) is 17.4 Å². The number of carboxylic acids is 1. The van der Waals surface area contributed by atoms with E-state index in [9.17, 15) is 9.90 Å². The van der Waals surface area contributed by atoms with Crippen LogP contribution < -0.4 is 4.90 Å². The van der Waals surface area contributed by atoms with Crippen molar-refractivity contribution >= 4 is 55.9 Å². The molecule has 42 heavy (non-hydrogen) atoms. The van der Waals surface area contributed by atoms with Gasteiger partial charge in [0, 0.05) is 24.1 Å². The predicted molar refractivity (Wildman–Crippen MR) is 164 cm³/mol. The first kappa shape index (κ1) is 26.9. The summed E-state index contributed by atoms with van der Waals surface area (Å²) >= 11 is 14.7. The van der Waals surface area contributed by atoms with Crippen LogP contribution in [-0.4, -0.2) is 49.7 Å². The van der Waals surface area contributed by atoms with Gasteiger partial charge < -0.3 is 14.7 Å². The lowest BCUT2D eigenvalue weighted by molar-refractivity contribution is 0.00958. The minimum atomic E-state index is -0.871. The molecule has 3 aliphatic carbocycles. The van der Waals surface area contributed by atoms with Gasteiger partial charge in [0.05, 0.1) is 50.3 Å². The first-order valence-electron chi connectivity index (χ1n) is 14.9. The number of nitrogens with zero attached hydrogens (tertiary/aromatic N) is 5. The molecule has 1 N–H and O–H groups in total. The number of benzene rings is 2. The zero-order valence-corrected chi connectivity index (χ0v) is 25.3. The van der Waals surface area contributed by atoms with E-state index in [-0.39, 0.29) is 6.10 Å². The minimum Gasteiger partial charge on any atom is -0.478 e. The fraction of sp³-hybridized carbons (Fsp3) is 0.484. The van der Waals surface area contributed by atoms with Crippen LogP contribution in [0.2, 0.25) is 10.0 Å². The topological polar surface area (TPSA) is 93.4 Å². The lowest BCUT2D eigenvalue weighted by atomic mass is 9.95. The van der Waals surface area contributed by atoms with E-state index in [2.05, 4.69) is 15.2 Å². The number of fused-ring (bicyclic) bond motifs is 3. The van der Waals surface area contributed by atoms with Crippen LogP contribution in [0.15, 0.2) is 30.3 Å². The van der Waals surface area contributed by atoms with Crippen LogP contribution in [0.1, 0.15) is 84.9 Å². The van der Waals surface area contributed by atoms with Crippen molar-refractivity contribution in [1.82, 2.24) is 20.0 Å². The van der Waals surface area contributed by atoms with E-state index in [0.29, 0.717) is 57.4 Å². The summed E-state index contributed by atoms with van der Waals surface area (Å²) in [6.07, 6.45) is 8.94. The van der Waals surface area contributed by atoms with Crippen LogP contribution in [-0.2, 0) is 11.3 Å². The molecule has 2 aromatic carbocycles. The highest BCUT2D eigenvalue weighted by Gasteiger charge is 2.46. The van der Waals surface area contributed by atoms with E-state index in [1.807, 2.05) is 28.9 Å². The maximum atomic E-state index is 11.9. The van der Waals surface area contributed by atoms with Crippen LogP contribution in [0, 0.1) is 5.92 Å². The van der Waals surface area contributed by atoms with Gasteiger partial charge in [-0.2, -0.15) is 0 Å². The molecule has 3 heterocycles. The average Bonchev–Trinajstić information content (AvgIpc) is 3.49. The fourth-order valence-corrected chi connectivity index (χ4v) is 9.04. The van der Waals surface area contributed by atoms with E-state index in [4.69, 9.17) is 32.9 Å². The number of aromatic carboxylic acids is 1. The Kier molecular flexibility index (Phi) is 6.70. The second-order valence-electron chi connectivity index (χ2n) is 12.2. The molecule has 1 saturated heterocycles. The van der Waals surface area contributed by atoms with Crippen molar-refractivity contribution in [1.29, 1.82) is 0 Å². The smallest absolute Gasteiger partial charge is 0.335 e. The molecule has 8 rings (SSSR count). The number of carbonyl (C=O) groups is 1. The van der Waals surface area contributed by atoms with Gasteiger partial charge in [0.1, 0.15) is 5.69 Å². The summed E-state index contributed by atoms with van der Waals surface area (Å²) < 4.78 is 9.60. The molecule has 0 radical (unpaired) electrons. The third kappa shape index (κ3) is 4.60. The van der Waals surface area contributed by atoms with Crippen molar-refractivity contribution in [3.05, 3.63) is 57.2 Å². The number of aromatic nitrogens is 4. The number of halogens is 2. The van der Waals surface area contributed by atoms with Crippen molar-refractivity contribution in [2.24, 2.45) is 5.92 Å². The van der Waals surface area contributed by atoms with Gasteiger partial charge in [-0.05, 0) is 74.3 Å². The lowest BCUT2D eigenvalue weighted by Crippen LogP contribution is -2.38. The zero-order chi connectivity index (χ0) is 28.5. The summed E-state index contributed by atoms with van der Waals surface area (Å²) in [5, 5.41) is 20.9. The molecule has 3 atom stereocenters. The van der Waals surface area contributed by atoms with Crippen LogP contribution >= 0.6 is 34.5 Å². The van der Waals surface area contributed by atoms with Gasteiger partial charge in [0.15, 0.2) is 5.13 Å². The second kappa shape index (κ2) is 10.5. The maximum Gasteiger partial charge on any atom is 0.335 e. The van der Waals surface area contributed by atoms with Crippen LogP contribution in [0.5, 0.6) is 0 Å². The van der Waals surface area contributed by atoms with Gasteiger partial charge in [-0.1, -0.05) is 58.7 Å². The molecule has 0 spiro atoms. The maximum absolute atomic E-state index is 11.9. The Bertz CT molecular complexity index is 1670. The van der Waals surface area contributed by atoms with Crippen molar-refractivity contribution in [2.75, 3.05) is 11.4 Å². The number of anilines is 1. The standard InChI is InChI=1S/C31H31Cl2N5O3S/c32-22-6-3-7-23(33)27(22)29-24(38(36-35-29)19-8-9-19)15-41-25-13-20-10-18(25)14-37(20)31-34-28-21(16-4-1-2-5-16)11-17(30(39)40)12-26(28)42-31/h3,6-7,11-12,16,18-20,25H,1-2,4-5,8-10,13-15H2,(H,39,40)/t18-,20-,25-/m0/s1. The van der Waals surface area contributed by atoms with Gasteiger partial charge in [-0.3, -0.25) is 0 Å². The number of piperidine rings is 1. The van der Waals surface area contributed by atoms with Crippen LogP contribution in [0.3, 0.4) is 0 Å². The van der Waals surface area contributed by atoms with Crippen molar-refractivity contribution < 1.29 is 14.6 Å². The number of hydrogen-bond acceptors (Lipinski definition) is 7. The molecular formula is C31H31Cl2N5O3S. The summed E-state index contributed by atoms with van der Waals surface area (Å²) in [4.78, 5) is 19.5. The van der Waals surface area contributed by atoms with Crippen molar-refractivity contribution in [2.45, 2.75) is 82.1 Å². The molecule has 0 amide bonds. The van der Waals surface area contributed by atoms with Gasteiger partial charge in [-0.15, -0.1) is 5.10 Å². The summed E-state index contributed by atoms with van der Waals surface area (Å²) in [6.45, 7) is 1.31. The Morgan fingerprint density at radius 2 is 1.86 bits per heavy atom. The highest BCUT2D eigenvalue weighted by molar-refractivity contribution is 7.22. The Labute approximate surface area is 257 Å². The molecule has 8 nitrogen and oxygen atoms in total. The number of hydrogen-bond donors (Lipinski definition) is 1. The van der Waals surface area contributed by atoms with Gasteiger partial charge in [0.25, 0.3) is 0 Å². The average molecular weight is 625 g/mol. The normalized spacial score (nSPS) is 24.0. The molecular weight excluding hydrogens is 593 g/mol. The Morgan fingerprint density at radius 3 is 2.55 bits per heavy atom. The molecule has 0 unspecified atom stereocenters. The summed E-state index contributed by atoms with van der Waals surface area (Å²) in [6, 6.07) is 9.88. The molecule has 3 saturated carbocycles. The minimum absolute atomic E-state index is 0.144. The Morgan fingerprint density at radius 1 is 1.07 bits per heavy atom. The lowest BCUT2D eigenvalue weighted by Gasteiger charge is -2.31. The number of ether oxygens (including phenoxy) is 1. The monoisotopic (exact) mass is 623 g/mol. The highest BCUT2D eigenvalue weighted by atomic mass is 35.5. The largest absolute Gasteiger partial charge is 0.478 e. The summed E-state index contributed by atoms with van der Waals surface area (Å²) in [7, 11) is 0. The number of thiazole rings is 1. The second-order valence-corrected chi connectivity index (χ2v) is 14.1. The first-order valence-corrected chi connectivity index (χ1v) is 16.5. The zero-order valence-electron chi connectivity index (χ0n) is 23.0. The van der Waals surface area contributed by atoms with Gasteiger partial charge in [0.2, 0.25) is 0 Å². The van der Waals surface area contributed by atoms with Crippen molar-refractivity contribution in [3.8, 4) is 11.3 Å². The van der Waals surface area contributed by atoms with Gasteiger partial charge >= 0.3 is 5.97 Å². The van der Waals surface area contributed by atoms with E-state index < -0.39 is 5.97 Å². The van der Waals surface area contributed by atoms with E-state index >= 15 is 0 Å². The quantitative estimate of drug-likeness (QED) is 0.214. The number of carboxylic acid groups (broad SMARTS) is 1.